The maximum absolute atomic E-state index is 15.5. The van der Waals surface area contributed by atoms with Gasteiger partial charge >= 0.3 is 11.9 Å². The summed E-state index contributed by atoms with van der Waals surface area (Å²) >= 11 is 18.7. The summed E-state index contributed by atoms with van der Waals surface area (Å²) in [6, 6.07) is 48.0. The quantitative estimate of drug-likeness (QED) is 0.0515. The minimum Gasteiger partial charge on any atom is -0.489 e. The largest absolute Gasteiger partial charge is 0.489 e. The Labute approximate surface area is 545 Å². The van der Waals surface area contributed by atoms with Crippen molar-refractivity contribution in [2.45, 2.75) is 39.5 Å². The Morgan fingerprint density at radius 1 is 0.581 bits per heavy atom. The number of nitrogens with zero attached hydrogens (tertiary/aromatic N) is 5. The van der Waals surface area contributed by atoms with Gasteiger partial charge in [-0.05, 0) is 110 Å². The monoisotopic (exact) mass is 1310 g/mol. The van der Waals surface area contributed by atoms with Crippen LogP contribution in [0.1, 0.15) is 57.1 Å². The number of H-pyrrole nitrogens is 1. The van der Waals surface area contributed by atoms with Crippen LogP contribution in [0.3, 0.4) is 0 Å². The molecule has 0 fully saturated rings. The topological polar surface area (TPSA) is 188 Å². The number of furan rings is 2. The lowest BCUT2D eigenvalue weighted by Gasteiger charge is -2.14. The van der Waals surface area contributed by atoms with Crippen LogP contribution in [0.4, 0.5) is 8.78 Å². The van der Waals surface area contributed by atoms with Gasteiger partial charge in [0.25, 0.3) is 0 Å². The highest BCUT2D eigenvalue weighted by Crippen LogP contribution is 2.45. The van der Waals surface area contributed by atoms with Crippen molar-refractivity contribution >= 4 is 112 Å². The maximum atomic E-state index is 15.5. The van der Waals surface area contributed by atoms with Gasteiger partial charge in [-0.25, -0.2) is 38.3 Å². The number of pyridine rings is 4. The number of methoxy groups -OCH3 is 2. The molecule has 14 rings (SSSR count). The number of halogens is 5. The highest BCUT2D eigenvalue weighted by atomic mass is 35.5. The Bertz CT molecular complexity index is 5080. The number of fused-ring (bicyclic) bond motifs is 8. The average molecular weight is 1310 g/mol. The number of esters is 2. The number of nitrogens with one attached hydrogen (secondary N) is 1. The van der Waals surface area contributed by atoms with Gasteiger partial charge in [0, 0.05) is 68.7 Å². The first kappa shape index (κ1) is 62.7. The molecule has 0 saturated heterocycles. The lowest BCUT2D eigenvalue weighted by molar-refractivity contribution is 0.0509. The molecule has 0 unspecified atom stereocenters. The van der Waals surface area contributed by atoms with E-state index in [-0.39, 0.29) is 53.1 Å². The Hall–Kier alpha value is -10.5. The van der Waals surface area contributed by atoms with E-state index in [0.29, 0.717) is 102 Å². The summed E-state index contributed by atoms with van der Waals surface area (Å²) in [6.45, 7) is 4.80. The Balaban J connectivity index is 0.000000149. The first-order valence-electron chi connectivity index (χ1n) is 29.2. The number of benzene rings is 6. The molecule has 0 aliphatic rings. The molecule has 6 aromatic carbocycles. The molecule has 0 bridgehead atoms. The van der Waals surface area contributed by atoms with Gasteiger partial charge in [-0.15, -0.1) is 11.6 Å². The number of hydrogen-bond donors (Lipinski definition) is 1. The summed E-state index contributed by atoms with van der Waals surface area (Å²) < 4.78 is 76.4. The number of carbonyl (C=O) groups is 2. The molecule has 8 heterocycles. The molecule has 0 saturated carbocycles. The predicted octanol–water partition coefficient (Wildman–Crippen LogP) is 18.1. The van der Waals surface area contributed by atoms with Crippen LogP contribution < -0.4 is 18.9 Å². The van der Waals surface area contributed by atoms with E-state index in [1.807, 2.05) is 109 Å². The summed E-state index contributed by atoms with van der Waals surface area (Å²) in [5.41, 5.74) is 8.94. The summed E-state index contributed by atoms with van der Waals surface area (Å²) in [7, 11) is 2.99. The minimum absolute atomic E-state index is 0.0763. The third kappa shape index (κ3) is 12.9. The van der Waals surface area contributed by atoms with Crippen molar-refractivity contribution in [3.05, 3.63) is 238 Å². The molecular formula is C72H55Cl3F2N6O10. The maximum Gasteiger partial charge on any atom is 0.355 e. The molecule has 468 valence electrons. The van der Waals surface area contributed by atoms with E-state index >= 15 is 4.39 Å². The standard InChI is InChI=1S/C36H27ClFN3O5.C19H15FN2O4.C17H13Cl2NO/c1-3-44-36(42)32-30(26-10-7-14-39-35(26)43-2)31-29(18-27(38)25-13-15-45-33(25)31)41(32)19-23-16-22-11-12-24(17-28(22)40-34(23)37)46-20-21-8-5-4-6-9-21;1-3-25-19(23)16-14(11-5-4-7-21-18(11)24-2)15-13(22-16)9-12(20)10-6-8-26-17(10)15;18-10-14-8-13-6-7-15(9-16(13)20-17(14)19)21-11-12-4-2-1-3-5-12/h4-18H,3,19-20H2,1-2H3;4-9,22H,3H2,1-2H3;1-9H,10-11H2. The molecular weight excluding hydrogens is 1250 g/mol. The normalized spacial score (nSPS) is 11.2. The second-order valence-corrected chi connectivity index (χ2v) is 21.9. The second-order valence-electron chi connectivity index (χ2n) is 20.9. The Kier molecular flexibility index (Phi) is 18.8. The number of ether oxygens (including phenoxy) is 6. The number of alkyl halides is 1. The van der Waals surface area contributed by atoms with E-state index in [0.717, 1.165) is 38.7 Å². The van der Waals surface area contributed by atoms with Crippen LogP contribution in [0.5, 0.6) is 23.3 Å². The zero-order valence-corrected chi connectivity index (χ0v) is 52.5. The van der Waals surface area contributed by atoms with Crippen LogP contribution in [-0.2, 0) is 35.1 Å². The van der Waals surface area contributed by atoms with E-state index in [9.17, 15) is 14.0 Å². The van der Waals surface area contributed by atoms with Gasteiger partial charge in [-0.3, -0.25) is 0 Å². The van der Waals surface area contributed by atoms with Crippen molar-refractivity contribution in [3.63, 3.8) is 0 Å². The first-order valence-corrected chi connectivity index (χ1v) is 30.5. The third-order valence-electron chi connectivity index (χ3n) is 15.2. The molecule has 21 heteroatoms. The molecule has 14 aromatic rings. The van der Waals surface area contributed by atoms with E-state index < -0.39 is 23.6 Å². The van der Waals surface area contributed by atoms with Crippen LogP contribution in [-0.4, -0.2) is 68.9 Å². The van der Waals surface area contributed by atoms with Crippen LogP contribution in [0.25, 0.3) is 87.8 Å². The van der Waals surface area contributed by atoms with Crippen LogP contribution in [0.2, 0.25) is 10.3 Å². The van der Waals surface area contributed by atoms with Crippen molar-refractivity contribution < 1.29 is 55.6 Å². The Morgan fingerprint density at radius 3 is 1.65 bits per heavy atom. The molecule has 93 heavy (non-hydrogen) atoms. The molecule has 8 aromatic heterocycles. The number of rotatable bonds is 17. The van der Waals surface area contributed by atoms with E-state index in [1.165, 1.54) is 38.9 Å². The van der Waals surface area contributed by atoms with Gasteiger partial charge in [0.05, 0.1) is 96.0 Å². The summed E-state index contributed by atoms with van der Waals surface area (Å²) in [5.74, 6) is 0.302. The summed E-state index contributed by atoms with van der Waals surface area (Å²) in [5, 5.41) is 4.18. The molecule has 1 N–H and O–H groups in total. The number of aromatic nitrogens is 6. The molecule has 0 amide bonds. The second kappa shape index (κ2) is 27.9. The zero-order valence-electron chi connectivity index (χ0n) is 50.3. The average Bonchev–Trinajstić information content (AvgIpc) is 1.58. The smallest absolute Gasteiger partial charge is 0.355 e. The molecule has 0 atom stereocenters. The van der Waals surface area contributed by atoms with Crippen LogP contribution in [0.15, 0.2) is 191 Å². The van der Waals surface area contributed by atoms with Gasteiger partial charge in [0.1, 0.15) is 69.2 Å². The van der Waals surface area contributed by atoms with E-state index in [1.54, 1.807) is 67.2 Å². The van der Waals surface area contributed by atoms with Gasteiger partial charge in [0.2, 0.25) is 11.8 Å². The SMILES string of the molecule is CCOC(=O)c1[nH]c2cc(F)c3ccoc3c2c1-c1cccnc1OC.CCOC(=O)c1c(-c2cccnc2OC)c2c3occc3c(F)cc2n1Cc1cc2ccc(OCc3ccccc3)cc2nc1Cl.ClCc1cc2ccc(OCc3ccccc3)cc2nc1Cl. The van der Waals surface area contributed by atoms with Crippen molar-refractivity contribution in [3.8, 4) is 45.5 Å². The third-order valence-corrected chi connectivity index (χ3v) is 16.1. The van der Waals surface area contributed by atoms with Crippen LogP contribution >= 0.6 is 34.8 Å². The van der Waals surface area contributed by atoms with Gasteiger partial charge in [-0.2, -0.15) is 0 Å². The van der Waals surface area contributed by atoms with Crippen LogP contribution in [0, 0.1) is 11.6 Å². The fourth-order valence-corrected chi connectivity index (χ4v) is 11.7. The molecule has 0 aliphatic carbocycles. The zero-order chi connectivity index (χ0) is 64.7. The number of aromatic amines is 1. The highest BCUT2D eigenvalue weighted by molar-refractivity contribution is 6.32. The summed E-state index contributed by atoms with van der Waals surface area (Å²) in [6.07, 6.45) is 6.00. The Morgan fingerprint density at radius 2 is 1.10 bits per heavy atom. The fraction of sp³-hybridized carbons (Fsp3) is 0.139. The first-order chi connectivity index (χ1) is 45.4. The summed E-state index contributed by atoms with van der Waals surface area (Å²) in [4.78, 5) is 46.9. The van der Waals surface area contributed by atoms with Crippen molar-refractivity contribution in [1.82, 2.24) is 29.5 Å². The van der Waals surface area contributed by atoms with Gasteiger partial charge in [0.15, 0.2) is 0 Å². The van der Waals surface area contributed by atoms with E-state index in [2.05, 4.69) is 24.9 Å². The number of hydrogen-bond acceptors (Lipinski definition) is 14. The molecule has 0 aliphatic heterocycles. The van der Waals surface area contributed by atoms with Crippen molar-refractivity contribution in [2.24, 2.45) is 0 Å². The number of carbonyl (C=O) groups excluding carboxylic acids is 2. The highest BCUT2D eigenvalue weighted by Gasteiger charge is 2.32. The fourth-order valence-electron chi connectivity index (χ4n) is 11.0. The van der Waals surface area contributed by atoms with Gasteiger partial charge in [-0.1, -0.05) is 83.9 Å². The molecule has 16 nitrogen and oxygen atoms in total. The molecule has 0 radical (unpaired) electrons. The van der Waals surface area contributed by atoms with E-state index in [4.69, 9.17) is 72.1 Å². The lowest BCUT2D eigenvalue weighted by Crippen LogP contribution is -2.14. The minimum atomic E-state index is -0.607. The lowest BCUT2D eigenvalue weighted by atomic mass is 10.0. The van der Waals surface area contributed by atoms with Crippen molar-refractivity contribution in [2.75, 3.05) is 27.4 Å². The predicted molar refractivity (Wildman–Crippen MR) is 355 cm³/mol. The van der Waals surface area contributed by atoms with Gasteiger partial charge < -0.3 is 46.8 Å². The van der Waals surface area contributed by atoms with Crippen molar-refractivity contribution in [1.29, 1.82) is 0 Å². The molecule has 0 spiro atoms.